The molecule has 76 valence electrons. The Morgan fingerprint density at radius 2 is 1.93 bits per heavy atom. The third-order valence-electron chi connectivity index (χ3n) is 2.65. The van der Waals surface area contributed by atoms with Crippen molar-refractivity contribution in [3.8, 4) is 0 Å². The number of sulfonamides is 1. The van der Waals surface area contributed by atoms with E-state index in [0.717, 1.165) is 19.3 Å². The van der Waals surface area contributed by atoms with E-state index in [1.807, 2.05) is 6.07 Å². The lowest BCUT2D eigenvalue weighted by Gasteiger charge is -2.04. The molecule has 0 fully saturated rings. The number of rotatable bonds is 2. The Kier molecular flexibility index (Phi) is 2.33. The number of nitrogens with one attached hydrogen (secondary N) is 1. The van der Waals surface area contributed by atoms with Crippen LogP contribution in [-0.4, -0.2) is 15.5 Å². The lowest BCUT2D eigenvalue weighted by Crippen LogP contribution is -2.18. The summed E-state index contributed by atoms with van der Waals surface area (Å²) >= 11 is 0. The van der Waals surface area contributed by atoms with Gasteiger partial charge < -0.3 is 0 Å². The molecule has 1 N–H and O–H groups in total. The summed E-state index contributed by atoms with van der Waals surface area (Å²) in [6.45, 7) is 0. The highest BCUT2D eigenvalue weighted by Crippen LogP contribution is 2.24. The Labute approximate surface area is 84.2 Å². The molecular formula is C10H13NO2S. The molecule has 0 bridgehead atoms. The van der Waals surface area contributed by atoms with Crippen LogP contribution in [0.4, 0.5) is 0 Å². The van der Waals surface area contributed by atoms with Crippen LogP contribution >= 0.6 is 0 Å². The topological polar surface area (TPSA) is 46.2 Å². The SMILES string of the molecule is CNS(=O)(=O)c1ccc2c(c1)CCC2. The quantitative estimate of drug-likeness (QED) is 0.795. The van der Waals surface area contributed by atoms with Crippen molar-refractivity contribution in [2.24, 2.45) is 0 Å². The fourth-order valence-corrected chi connectivity index (χ4v) is 2.61. The van der Waals surface area contributed by atoms with Gasteiger partial charge in [-0.25, -0.2) is 13.1 Å². The van der Waals surface area contributed by atoms with Crippen molar-refractivity contribution >= 4 is 10.0 Å². The Balaban J connectivity index is 2.48. The summed E-state index contributed by atoms with van der Waals surface area (Å²) in [7, 11) is -1.84. The minimum Gasteiger partial charge on any atom is -0.214 e. The summed E-state index contributed by atoms with van der Waals surface area (Å²) in [5.41, 5.74) is 2.47. The van der Waals surface area contributed by atoms with Crippen molar-refractivity contribution in [3.05, 3.63) is 29.3 Å². The van der Waals surface area contributed by atoms with Crippen LogP contribution in [0.25, 0.3) is 0 Å². The molecule has 0 aromatic heterocycles. The standard InChI is InChI=1S/C10H13NO2S/c1-11-14(12,13)10-6-5-8-3-2-4-9(8)7-10/h5-7,11H,2-4H2,1H3. The molecule has 0 saturated heterocycles. The number of hydrogen-bond acceptors (Lipinski definition) is 2. The number of fused-ring (bicyclic) bond motifs is 1. The molecule has 0 spiro atoms. The molecule has 1 aliphatic carbocycles. The maximum absolute atomic E-state index is 11.5. The molecule has 0 saturated carbocycles. The molecule has 3 nitrogen and oxygen atoms in total. The van der Waals surface area contributed by atoms with E-state index in [2.05, 4.69) is 4.72 Å². The first-order chi connectivity index (χ1) is 6.63. The van der Waals surface area contributed by atoms with Crippen LogP contribution in [0.15, 0.2) is 23.1 Å². The molecule has 2 rings (SSSR count). The highest BCUT2D eigenvalue weighted by Gasteiger charge is 2.16. The maximum Gasteiger partial charge on any atom is 0.240 e. The van der Waals surface area contributed by atoms with Crippen LogP contribution in [0, 0.1) is 0 Å². The van der Waals surface area contributed by atoms with E-state index in [0.29, 0.717) is 4.90 Å². The van der Waals surface area contributed by atoms with Gasteiger partial charge in [0.15, 0.2) is 0 Å². The van der Waals surface area contributed by atoms with Crippen molar-refractivity contribution < 1.29 is 8.42 Å². The predicted octanol–water partition coefficient (Wildman–Crippen LogP) is 1.08. The van der Waals surface area contributed by atoms with Crippen molar-refractivity contribution in [1.82, 2.24) is 4.72 Å². The molecule has 1 aliphatic rings. The number of aryl methyl sites for hydroxylation is 2. The smallest absolute Gasteiger partial charge is 0.214 e. The van der Waals surface area contributed by atoms with Gasteiger partial charge in [-0.1, -0.05) is 6.07 Å². The Hall–Kier alpha value is -0.870. The predicted molar refractivity (Wildman–Crippen MR) is 54.7 cm³/mol. The van der Waals surface area contributed by atoms with Crippen LogP contribution in [0.2, 0.25) is 0 Å². The Morgan fingerprint density at radius 3 is 2.64 bits per heavy atom. The maximum atomic E-state index is 11.5. The van der Waals surface area contributed by atoms with Crippen molar-refractivity contribution in [2.75, 3.05) is 7.05 Å². The van der Waals surface area contributed by atoms with Crippen LogP contribution in [0.1, 0.15) is 17.5 Å². The van der Waals surface area contributed by atoms with Crippen LogP contribution in [0.3, 0.4) is 0 Å². The second-order valence-electron chi connectivity index (χ2n) is 3.49. The van der Waals surface area contributed by atoms with Gasteiger partial charge in [-0.3, -0.25) is 0 Å². The Morgan fingerprint density at radius 1 is 1.21 bits per heavy atom. The van der Waals surface area contributed by atoms with Crippen LogP contribution in [0.5, 0.6) is 0 Å². The van der Waals surface area contributed by atoms with Gasteiger partial charge >= 0.3 is 0 Å². The molecule has 0 atom stereocenters. The van der Waals surface area contributed by atoms with E-state index in [-0.39, 0.29) is 0 Å². The van der Waals surface area contributed by atoms with Gasteiger partial charge in [-0.05, 0) is 49.6 Å². The third-order valence-corrected chi connectivity index (χ3v) is 4.06. The molecule has 0 unspecified atom stereocenters. The van der Waals surface area contributed by atoms with Gasteiger partial charge in [-0.2, -0.15) is 0 Å². The second-order valence-corrected chi connectivity index (χ2v) is 5.38. The van der Waals surface area contributed by atoms with Gasteiger partial charge in [0.05, 0.1) is 4.90 Å². The highest BCUT2D eigenvalue weighted by atomic mass is 32.2. The van der Waals surface area contributed by atoms with E-state index in [9.17, 15) is 8.42 Å². The van der Waals surface area contributed by atoms with Crippen LogP contribution in [-0.2, 0) is 22.9 Å². The first kappa shape index (κ1) is 9.68. The lowest BCUT2D eigenvalue weighted by molar-refractivity contribution is 0.588. The van der Waals surface area contributed by atoms with Gasteiger partial charge in [0.2, 0.25) is 10.0 Å². The van der Waals surface area contributed by atoms with E-state index in [4.69, 9.17) is 0 Å². The summed E-state index contributed by atoms with van der Waals surface area (Å²) in [5, 5.41) is 0. The monoisotopic (exact) mass is 211 g/mol. The van der Waals surface area contributed by atoms with Gasteiger partial charge in [0, 0.05) is 0 Å². The van der Waals surface area contributed by atoms with Crippen molar-refractivity contribution in [2.45, 2.75) is 24.2 Å². The first-order valence-electron chi connectivity index (χ1n) is 4.69. The van der Waals surface area contributed by atoms with Crippen LogP contribution < -0.4 is 4.72 Å². The van der Waals surface area contributed by atoms with E-state index >= 15 is 0 Å². The molecule has 1 aromatic rings. The van der Waals surface area contributed by atoms with Gasteiger partial charge in [0.25, 0.3) is 0 Å². The summed E-state index contributed by atoms with van der Waals surface area (Å²) in [4.78, 5) is 0.376. The highest BCUT2D eigenvalue weighted by molar-refractivity contribution is 7.89. The van der Waals surface area contributed by atoms with E-state index in [1.165, 1.54) is 18.2 Å². The molecule has 0 aliphatic heterocycles. The molecule has 0 radical (unpaired) electrons. The summed E-state index contributed by atoms with van der Waals surface area (Å²) < 4.78 is 25.3. The van der Waals surface area contributed by atoms with Crippen molar-refractivity contribution in [3.63, 3.8) is 0 Å². The molecule has 0 amide bonds. The second kappa shape index (κ2) is 3.37. The average Bonchev–Trinajstić information content (AvgIpc) is 2.64. The fourth-order valence-electron chi connectivity index (χ4n) is 1.83. The number of benzene rings is 1. The minimum absolute atomic E-state index is 0.376. The largest absolute Gasteiger partial charge is 0.240 e. The molecule has 1 aromatic carbocycles. The lowest BCUT2D eigenvalue weighted by atomic mass is 10.1. The Bertz CT molecular complexity index is 451. The summed E-state index contributed by atoms with van der Waals surface area (Å²) in [5.74, 6) is 0. The number of hydrogen-bond donors (Lipinski definition) is 1. The zero-order valence-corrected chi connectivity index (χ0v) is 8.89. The molecular weight excluding hydrogens is 198 g/mol. The van der Waals surface area contributed by atoms with Gasteiger partial charge in [-0.15, -0.1) is 0 Å². The zero-order chi connectivity index (χ0) is 10.2. The molecule has 0 heterocycles. The third kappa shape index (κ3) is 1.55. The zero-order valence-electron chi connectivity index (χ0n) is 8.08. The fraction of sp³-hybridized carbons (Fsp3) is 0.400. The minimum atomic E-state index is -3.27. The summed E-state index contributed by atoms with van der Waals surface area (Å²) in [6.07, 6.45) is 3.22. The van der Waals surface area contributed by atoms with Crippen molar-refractivity contribution in [1.29, 1.82) is 0 Å². The molecule has 4 heteroatoms. The average molecular weight is 211 g/mol. The molecule has 14 heavy (non-hydrogen) atoms. The van der Waals surface area contributed by atoms with E-state index in [1.54, 1.807) is 12.1 Å². The summed E-state index contributed by atoms with van der Waals surface area (Å²) in [6, 6.07) is 5.39. The first-order valence-corrected chi connectivity index (χ1v) is 6.17. The van der Waals surface area contributed by atoms with Gasteiger partial charge in [0.1, 0.15) is 0 Å². The normalized spacial score (nSPS) is 15.5. The van der Waals surface area contributed by atoms with E-state index < -0.39 is 10.0 Å².